The van der Waals surface area contributed by atoms with E-state index in [2.05, 4.69) is 24.1 Å². The summed E-state index contributed by atoms with van der Waals surface area (Å²) in [4.78, 5) is 4.42. The molecule has 0 aliphatic heterocycles. The van der Waals surface area contributed by atoms with E-state index in [4.69, 9.17) is 4.74 Å². The summed E-state index contributed by atoms with van der Waals surface area (Å²) in [7, 11) is 3.66. The molecule has 0 aliphatic rings. The largest absolute Gasteiger partial charge is 0.495 e. The number of nitrogens with zero attached hydrogens (tertiary/aromatic N) is 1. The summed E-state index contributed by atoms with van der Waals surface area (Å²) >= 11 is 1.95. The predicted octanol–water partition coefficient (Wildman–Crippen LogP) is 2.74. The lowest BCUT2D eigenvalue weighted by molar-refractivity contribution is 0.400. The van der Waals surface area contributed by atoms with Crippen molar-refractivity contribution >= 4 is 11.8 Å². The van der Waals surface area contributed by atoms with Gasteiger partial charge in [-0.05, 0) is 30.9 Å². The van der Waals surface area contributed by atoms with Crippen molar-refractivity contribution in [3.05, 3.63) is 24.0 Å². The molecule has 0 fully saturated rings. The van der Waals surface area contributed by atoms with Crippen LogP contribution in [0.4, 0.5) is 0 Å². The number of aromatic nitrogens is 1. The van der Waals surface area contributed by atoms with E-state index >= 15 is 0 Å². The molecular formula is C13H22N2OS. The quantitative estimate of drug-likeness (QED) is 0.811. The molecule has 1 rings (SSSR count). The third-order valence-corrected chi connectivity index (χ3v) is 3.91. The van der Waals surface area contributed by atoms with Crippen LogP contribution in [0.15, 0.2) is 18.3 Å². The maximum absolute atomic E-state index is 5.34. The first kappa shape index (κ1) is 14.3. The Morgan fingerprint density at radius 1 is 1.41 bits per heavy atom. The molecule has 1 N–H and O–H groups in total. The maximum Gasteiger partial charge on any atom is 0.142 e. The van der Waals surface area contributed by atoms with E-state index in [1.807, 2.05) is 37.1 Å². The van der Waals surface area contributed by atoms with Gasteiger partial charge >= 0.3 is 0 Å². The molecule has 0 aromatic carbocycles. The molecule has 1 heterocycles. The van der Waals surface area contributed by atoms with Crippen LogP contribution >= 0.6 is 11.8 Å². The zero-order valence-electron chi connectivity index (χ0n) is 11.1. The van der Waals surface area contributed by atoms with Crippen LogP contribution in [0.5, 0.6) is 5.75 Å². The molecular weight excluding hydrogens is 232 g/mol. The fourth-order valence-electron chi connectivity index (χ4n) is 1.56. The van der Waals surface area contributed by atoms with Crippen LogP contribution in [-0.4, -0.2) is 30.6 Å². The van der Waals surface area contributed by atoms with E-state index in [-0.39, 0.29) is 6.04 Å². The third-order valence-electron chi connectivity index (χ3n) is 2.43. The first-order valence-electron chi connectivity index (χ1n) is 5.93. The van der Waals surface area contributed by atoms with Crippen molar-refractivity contribution in [2.45, 2.75) is 19.9 Å². The van der Waals surface area contributed by atoms with Crippen molar-refractivity contribution in [1.82, 2.24) is 10.3 Å². The van der Waals surface area contributed by atoms with Crippen LogP contribution in [0.25, 0.3) is 0 Å². The highest BCUT2D eigenvalue weighted by molar-refractivity contribution is 7.99. The van der Waals surface area contributed by atoms with E-state index < -0.39 is 0 Å². The zero-order valence-corrected chi connectivity index (χ0v) is 11.9. The summed E-state index contributed by atoms with van der Waals surface area (Å²) in [6, 6.07) is 4.10. The second-order valence-electron chi connectivity index (χ2n) is 4.36. The summed E-state index contributed by atoms with van der Waals surface area (Å²) in [5.41, 5.74) is 0.994. The van der Waals surface area contributed by atoms with Gasteiger partial charge < -0.3 is 10.1 Å². The van der Waals surface area contributed by atoms with E-state index in [9.17, 15) is 0 Å². The molecule has 0 radical (unpaired) electrons. The number of hydrogen-bond acceptors (Lipinski definition) is 4. The lowest BCUT2D eigenvalue weighted by Crippen LogP contribution is -2.21. The first-order chi connectivity index (χ1) is 8.19. The highest BCUT2D eigenvalue weighted by atomic mass is 32.2. The lowest BCUT2D eigenvalue weighted by Gasteiger charge is -2.18. The van der Waals surface area contributed by atoms with Crippen LogP contribution in [0, 0.1) is 5.92 Å². The monoisotopic (exact) mass is 254 g/mol. The van der Waals surface area contributed by atoms with E-state index in [0.29, 0.717) is 0 Å². The Bertz CT molecular complexity index is 331. The van der Waals surface area contributed by atoms with Crippen LogP contribution in [0.1, 0.15) is 25.6 Å². The number of ether oxygens (including phenoxy) is 1. The third kappa shape index (κ3) is 4.56. The molecule has 96 valence electrons. The van der Waals surface area contributed by atoms with Crippen molar-refractivity contribution in [2.75, 3.05) is 25.7 Å². The molecule has 1 atom stereocenters. The Balaban J connectivity index is 2.65. The average molecular weight is 254 g/mol. The Kier molecular flexibility index (Phi) is 6.37. The molecule has 1 aromatic heterocycles. The average Bonchev–Trinajstić information content (AvgIpc) is 2.34. The molecule has 0 saturated heterocycles. The Morgan fingerprint density at radius 3 is 2.76 bits per heavy atom. The van der Waals surface area contributed by atoms with Crippen molar-refractivity contribution in [3.63, 3.8) is 0 Å². The minimum atomic E-state index is 0.245. The molecule has 0 bridgehead atoms. The molecule has 4 heteroatoms. The standard InChI is InChI=1S/C13H22N2OS/c1-10(2)8-17-9-11(14-3)13-12(16-4)6-5-7-15-13/h5-7,10-11,14H,8-9H2,1-4H3. The van der Waals surface area contributed by atoms with Gasteiger partial charge in [0.2, 0.25) is 0 Å². The molecule has 3 nitrogen and oxygen atoms in total. The smallest absolute Gasteiger partial charge is 0.142 e. The van der Waals surface area contributed by atoms with Gasteiger partial charge in [-0.1, -0.05) is 13.8 Å². The topological polar surface area (TPSA) is 34.2 Å². The summed E-state index contributed by atoms with van der Waals surface area (Å²) in [5, 5.41) is 3.30. The fraction of sp³-hybridized carbons (Fsp3) is 0.615. The minimum absolute atomic E-state index is 0.245. The Morgan fingerprint density at radius 2 is 2.18 bits per heavy atom. The van der Waals surface area contributed by atoms with Crippen LogP contribution in [0.2, 0.25) is 0 Å². The van der Waals surface area contributed by atoms with Crippen LogP contribution in [0.3, 0.4) is 0 Å². The number of nitrogens with one attached hydrogen (secondary N) is 1. The minimum Gasteiger partial charge on any atom is -0.495 e. The Labute approximate surface area is 108 Å². The predicted molar refractivity (Wildman–Crippen MR) is 74.8 cm³/mol. The van der Waals surface area contributed by atoms with Gasteiger partial charge in [0.1, 0.15) is 5.75 Å². The second kappa shape index (κ2) is 7.56. The van der Waals surface area contributed by atoms with Crippen molar-refractivity contribution in [1.29, 1.82) is 0 Å². The van der Waals surface area contributed by atoms with Crippen molar-refractivity contribution in [2.24, 2.45) is 5.92 Å². The molecule has 0 spiro atoms. The molecule has 0 aliphatic carbocycles. The van der Waals surface area contributed by atoms with Crippen molar-refractivity contribution < 1.29 is 4.74 Å². The zero-order chi connectivity index (χ0) is 12.7. The van der Waals surface area contributed by atoms with Gasteiger partial charge in [-0.2, -0.15) is 11.8 Å². The Hall–Kier alpha value is -0.740. The van der Waals surface area contributed by atoms with Crippen LogP contribution < -0.4 is 10.1 Å². The normalized spacial score (nSPS) is 12.8. The summed E-state index contributed by atoms with van der Waals surface area (Å²) in [6.07, 6.45) is 1.81. The van der Waals surface area contributed by atoms with Gasteiger partial charge in [0.15, 0.2) is 0 Å². The van der Waals surface area contributed by atoms with Crippen molar-refractivity contribution in [3.8, 4) is 5.75 Å². The highest BCUT2D eigenvalue weighted by Gasteiger charge is 2.15. The number of pyridine rings is 1. The van der Waals surface area contributed by atoms with Gasteiger partial charge in [0.25, 0.3) is 0 Å². The van der Waals surface area contributed by atoms with E-state index in [1.54, 1.807) is 7.11 Å². The van der Waals surface area contributed by atoms with Gasteiger partial charge in [-0.25, -0.2) is 0 Å². The summed E-state index contributed by atoms with van der Waals surface area (Å²) < 4.78 is 5.34. The van der Waals surface area contributed by atoms with E-state index in [0.717, 1.165) is 23.1 Å². The summed E-state index contributed by atoms with van der Waals surface area (Å²) in [6.45, 7) is 4.48. The lowest BCUT2D eigenvalue weighted by atomic mass is 10.2. The molecule has 1 aromatic rings. The first-order valence-corrected chi connectivity index (χ1v) is 7.08. The fourth-order valence-corrected chi connectivity index (χ4v) is 2.73. The maximum atomic E-state index is 5.34. The SMILES string of the molecule is CNC(CSCC(C)C)c1ncccc1OC. The van der Waals surface area contributed by atoms with Gasteiger partial charge in [0.05, 0.1) is 18.8 Å². The van der Waals surface area contributed by atoms with Gasteiger partial charge in [-0.3, -0.25) is 4.98 Å². The molecule has 17 heavy (non-hydrogen) atoms. The number of hydrogen-bond donors (Lipinski definition) is 1. The van der Waals surface area contributed by atoms with E-state index in [1.165, 1.54) is 5.75 Å². The van der Waals surface area contributed by atoms with Crippen LogP contribution in [-0.2, 0) is 0 Å². The highest BCUT2D eigenvalue weighted by Crippen LogP contribution is 2.25. The number of rotatable bonds is 7. The van der Waals surface area contributed by atoms with Gasteiger partial charge in [0, 0.05) is 11.9 Å². The number of thioether (sulfide) groups is 1. The molecule has 1 unspecified atom stereocenters. The second-order valence-corrected chi connectivity index (χ2v) is 5.44. The van der Waals surface area contributed by atoms with Gasteiger partial charge in [-0.15, -0.1) is 0 Å². The number of methoxy groups -OCH3 is 1. The molecule has 0 amide bonds. The molecule has 0 saturated carbocycles. The summed E-state index contributed by atoms with van der Waals surface area (Å²) in [5.74, 6) is 3.77.